The maximum absolute atomic E-state index is 3.98. The minimum absolute atomic E-state index is 0.668. The standard InChI is InChI=1S/C9H18N2/c1-4-9-7-10-5-6-11(9)8(2)3/h9-10H,2,4-7H2,1,3H3. The molecule has 1 aliphatic rings. The number of hydrogen-bond acceptors (Lipinski definition) is 2. The van der Waals surface area contributed by atoms with Gasteiger partial charge in [-0.25, -0.2) is 0 Å². The van der Waals surface area contributed by atoms with Gasteiger partial charge >= 0.3 is 0 Å². The largest absolute Gasteiger partial charge is 0.370 e. The number of allylic oxidation sites excluding steroid dienone is 1. The van der Waals surface area contributed by atoms with Crippen LogP contribution in [0.2, 0.25) is 0 Å². The Morgan fingerprint density at radius 2 is 2.45 bits per heavy atom. The van der Waals surface area contributed by atoms with Gasteiger partial charge in [0, 0.05) is 31.4 Å². The number of nitrogens with one attached hydrogen (secondary N) is 1. The van der Waals surface area contributed by atoms with Gasteiger partial charge in [0.2, 0.25) is 0 Å². The topological polar surface area (TPSA) is 15.3 Å². The highest BCUT2D eigenvalue weighted by Crippen LogP contribution is 2.11. The van der Waals surface area contributed by atoms with Gasteiger partial charge in [0.15, 0.2) is 0 Å². The van der Waals surface area contributed by atoms with Crippen LogP contribution in [0.3, 0.4) is 0 Å². The minimum Gasteiger partial charge on any atom is -0.370 e. The molecule has 1 unspecified atom stereocenters. The fraction of sp³-hybridized carbons (Fsp3) is 0.778. The molecule has 0 saturated carbocycles. The number of hydrogen-bond donors (Lipinski definition) is 1. The van der Waals surface area contributed by atoms with E-state index in [2.05, 4.69) is 30.6 Å². The summed E-state index contributed by atoms with van der Waals surface area (Å²) in [6, 6.07) is 0.668. The molecule has 1 saturated heterocycles. The van der Waals surface area contributed by atoms with Crippen LogP contribution < -0.4 is 5.32 Å². The van der Waals surface area contributed by atoms with E-state index < -0.39 is 0 Å². The van der Waals surface area contributed by atoms with E-state index in [-0.39, 0.29) is 0 Å². The van der Waals surface area contributed by atoms with Gasteiger partial charge < -0.3 is 10.2 Å². The van der Waals surface area contributed by atoms with Crippen LogP contribution in [0.1, 0.15) is 20.3 Å². The van der Waals surface area contributed by atoms with Crippen LogP contribution in [-0.2, 0) is 0 Å². The van der Waals surface area contributed by atoms with Crippen LogP contribution in [0.15, 0.2) is 12.3 Å². The van der Waals surface area contributed by atoms with Crippen molar-refractivity contribution in [2.24, 2.45) is 0 Å². The lowest BCUT2D eigenvalue weighted by Crippen LogP contribution is -2.49. The van der Waals surface area contributed by atoms with Crippen molar-refractivity contribution < 1.29 is 0 Å². The van der Waals surface area contributed by atoms with Crippen LogP contribution in [0, 0.1) is 0 Å². The van der Waals surface area contributed by atoms with Gasteiger partial charge in [-0.3, -0.25) is 0 Å². The van der Waals surface area contributed by atoms with Crippen molar-refractivity contribution in [1.82, 2.24) is 10.2 Å². The second-order valence-corrected chi connectivity index (χ2v) is 3.19. The molecule has 1 atom stereocenters. The zero-order chi connectivity index (χ0) is 8.27. The average Bonchev–Trinajstić information content (AvgIpc) is 2.04. The Labute approximate surface area is 69.3 Å². The highest BCUT2D eigenvalue weighted by atomic mass is 15.2. The summed E-state index contributed by atoms with van der Waals surface area (Å²) < 4.78 is 0. The molecular formula is C9H18N2. The van der Waals surface area contributed by atoms with E-state index in [0.29, 0.717) is 6.04 Å². The van der Waals surface area contributed by atoms with Crippen molar-refractivity contribution in [3.05, 3.63) is 12.3 Å². The Bertz CT molecular complexity index is 142. The number of nitrogens with zero attached hydrogens (tertiary/aromatic N) is 1. The van der Waals surface area contributed by atoms with Crippen molar-refractivity contribution in [3.63, 3.8) is 0 Å². The van der Waals surface area contributed by atoms with Crippen LogP contribution in [0.25, 0.3) is 0 Å². The normalized spacial score (nSPS) is 25.3. The minimum atomic E-state index is 0.668. The highest BCUT2D eigenvalue weighted by molar-refractivity contribution is 4.95. The molecule has 64 valence electrons. The zero-order valence-corrected chi connectivity index (χ0v) is 7.56. The van der Waals surface area contributed by atoms with E-state index in [1.807, 2.05) is 0 Å². The van der Waals surface area contributed by atoms with Gasteiger partial charge in [-0.2, -0.15) is 0 Å². The number of piperazine rings is 1. The maximum atomic E-state index is 3.98. The van der Waals surface area contributed by atoms with Crippen molar-refractivity contribution >= 4 is 0 Å². The van der Waals surface area contributed by atoms with Gasteiger partial charge in [0.05, 0.1) is 0 Å². The Kier molecular flexibility index (Phi) is 2.94. The highest BCUT2D eigenvalue weighted by Gasteiger charge is 2.18. The fourth-order valence-electron chi connectivity index (χ4n) is 1.63. The molecule has 0 amide bonds. The molecule has 1 fully saturated rings. The van der Waals surface area contributed by atoms with Gasteiger partial charge in [-0.05, 0) is 13.3 Å². The Morgan fingerprint density at radius 1 is 1.73 bits per heavy atom. The molecule has 0 spiro atoms. The predicted molar refractivity (Wildman–Crippen MR) is 48.5 cm³/mol. The lowest BCUT2D eigenvalue weighted by atomic mass is 10.1. The summed E-state index contributed by atoms with van der Waals surface area (Å²) in [4.78, 5) is 2.40. The molecule has 0 aliphatic carbocycles. The number of rotatable bonds is 2. The lowest BCUT2D eigenvalue weighted by molar-refractivity contribution is 0.205. The first-order valence-electron chi connectivity index (χ1n) is 4.38. The van der Waals surface area contributed by atoms with Crippen LogP contribution >= 0.6 is 0 Å². The van der Waals surface area contributed by atoms with Crippen molar-refractivity contribution in [3.8, 4) is 0 Å². The molecule has 0 aromatic carbocycles. The van der Waals surface area contributed by atoms with Crippen molar-refractivity contribution in [2.45, 2.75) is 26.3 Å². The van der Waals surface area contributed by atoms with E-state index in [1.165, 1.54) is 12.1 Å². The molecule has 2 heteroatoms. The molecule has 11 heavy (non-hydrogen) atoms. The third-order valence-corrected chi connectivity index (χ3v) is 2.31. The molecule has 1 aliphatic heterocycles. The Morgan fingerprint density at radius 3 is 2.91 bits per heavy atom. The molecule has 0 radical (unpaired) electrons. The summed E-state index contributed by atoms with van der Waals surface area (Å²) >= 11 is 0. The molecule has 1 heterocycles. The molecule has 1 rings (SSSR count). The predicted octanol–water partition coefficient (Wildman–Crippen LogP) is 1.20. The van der Waals surface area contributed by atoms with E-state index in [1.54, 1.807) is 0 Å². The summed E-state index contributed by atoms with van der Waals surface area (Å²) in [5.41, 5.74) is 1.21. The van der Waals surface area contributed by atoms with Crippen LogP contribution in [0.4, 0.5) is 0 Å². The van der Waals surface area contributed by atoms with Gasteiger partial charge in [-0.1, -0.05) is 13.5 Å². The summed E-state index contributed by atoms with van der Waals surface area (Å²) in [7, 11) is 0. The smallest absolute Gasteiger partial charge is 0.0409 e. The quantitative estimate of drug-likeness (QED) is 0.643. The van der Waals surface area contributed by atoms with Crippen LogP contribution in [0.5, 0.6) is 0 Å². The van der Waals surface area contributed by atoms with Crippen LogP contribution in [-0.4, -0.2) is 30.6 Å². The SMILES string of the molecule is C=C(C)N1CCNCC1CC. The Hall–Kier alpha value is -0.500. The third kappa shape index (κ3) is 1.96. The van der Waals surface area contributed by atoms with Gasteiger partial charge in [0.25, 0.3) is 0 Å². The summed E-state index contributed by atoms with van der Waals surface area (Å²) in [5.74, 6) is 0. The first kappa shape index (κ1) is 8.60. The summed E-state index contributed by atoms with van der Waals surface area (Å²) in [5, 5.41) is 3.39. The third-order valence-electron chi connectivity index (χ3n) is 2.31. The lowest BCUT2D eigenvalue weighted by Gasteiger charge is -2.37. The first-order chi connectivity index (χ1) is 5.25. The molecule has 0 aromatic heterocycles. The first-order valence-corrected chi connectivity index (χ1v) is 4.38. The zero-order valence-electron chi connectivity index (χ0n) is 7.56. The van der Waals surface area contributed by atoms with Gasteiger partial charge in [-0.15, -0.1) is 0 Å². The van der Waals surface area contributed by atoms with E-state index in [9.17, 15) is 0 Å². The molecule has 0 aromatic rings. The molecule has 2 nitrogen and oxygen atoms in total. The monoisotopic (exact) mass is 154 g/mol. The summed E-state index contributed by atoms with van der Waals surface area (Å²) in [6.45, 7) is 11.6. The summed E-state index contributed by atoms with van der Waals surface area (Å²) in [6.07, 6.45) is 1.21. The van der Waals surface area contributed by atoms with E-state index in [0.717, 1.165) is 19.6 Å². The second-order valence-electron chi connectivity index (χ2n) is 3.19. The van der Waals surface area contributed by atoms with Crippen molar-refractivity contribution in [2.75, 3.05) is 19.6 Å². The molecule has 1 N–H and O–H groups in total. The van der Waals surface area contributed by atoms with E-state index >= 15 is 0 Å². The van der Waals surface area contributed by atoms with Crippen molar-refractivity contribution in [1.29, 1.82) is 0 Å². The Balaban J connectivity index is 2.51. The second kappa shape index (κ2) is 3.77. The fourth-order valence-corrected chi connectivity index (χ4v) is 1.63. The van der Waals surface area contributed by atoms with E-state index in [4.69, 9.17) is 0 Å². The maximum Gasteiger partial charge on any atom is 0.0409 e. The average molecular weight is 154 g/mol. The van der Waals surface area contributed by atoms with Gasteiger partial charge in [0.1, 0.15) is 0 Å². The molecular weight excluding hydrogens is 136 g/mol. The molecule has 0 bridgehead atoms.